The van der Waals surface area contributed by atoms with Gasteiger partial charge in [0.2, 0.25) is 0 Å². The minimum absolute atomic E-state index is 0.531. The molecule has 2 N–H and O–H groups in total. The molecule has 0 saturated carbocycles. The van der Waals surface area contributed by atoms with E-state index in [0.29, 0.717) is 17.0 Å². The number of hydrogen-bond acceptors (Lipinski definition) is 3. The van der Waals surface area contributed by atoms with Gasteiger partial charge in [-0.2, -0.15) is 5.10 Å². The van der Waals surface area contributed by atoms with Crippen molar-refractivity contribution in [1.29, 1.82) is 0 Å². The van der Waals surface area contributed by atoms with Crippen LogP contribution in [0.4, 0.5) is 5.82 Å². The molecule has 6 heteroatoms. The Kier molecular flexibility index (Phi) is 2.64. The minimum atomic E-state index is 0.531. The maximum absolute atomic E-state index is 5.67. The van der Waals surface area contributed by atoms with E-state index in [1.54, 1.807) is 16.9 Å². The number of hydrogen-bond donors (Lipinski definition) is 1. The van der Waals surface area contributed by atoms with Crippen LogP contribution in [0.15, 0.2) is 31.9 Å². The molecular weight excluding hydrogens is 314 g/mol. The predicted molar refractivity (Wildman–Crippen MR) is 59.8 cm³/mol. The molecule has 0 aliphatic rings. The van der Waals surface area contributed by atoms with Gasteiger partial charge in [0.05, 0.1) is 10.7 Å². The third-order valence-corrected chi connectivity index (χ3v) is 3.46. The summed E-state index contributed by atoms with van der Waals surface area (Å²) in [4.78, 5) is 0. The fourth-order valence-electron chi connectivity index (χ4n) is 1.09. The Morgan fingerprint density at radius 3 is 2.79 bits per heavy atom. The van der Waals surface area contributed by atoms with Crippen molar-refractivity contribution >= 4 is 37.7 Å². The number of halogens is 2. The molecule has 0 spiro atoms. The fourth-order valence-corrected chi connectivity index (χ4v) is 1.75. The molecule has 14 heavy (non-hydrogen) atoms. The third-order valence-electron chi connectivity index (χ3n) is 1.75. The van der Waals surface area contributed by atoms with Crippen molar-refractivity contribution in [2.75, 3.05) is 5.73 Å². The quantitative estimate of drug-likeness (QED) is 0.925. The molecule has 0 aliphatic heterocycles. The Hall–Kier alpha value is -0.750. The molecule has 0 unspecified atom stereocenters. The van der Waals surface area contributed by atoms with Crippen molar-refractivity contribution in [3.8, 4) is 0 Å². The molecule has 0 saturated heterocycles. The average molecular weight is 321 g/mol. The molecule has 0 radical (unpaired) electrons. The Morgan fingerprint density at radius 1 is 1.50 bits per heavy atom. The molecule has 0 aliphatic carbocycles. The number of furan rings is 1. The maximum Gasteiger partial charge on any atom is 0.183 e. The summed E-state index contributed by atoms with van der Waals surface area (Å²) < 4.78 is 8.63. The van der Waals surface area contributed by atoms with Gasteiger partial charge >= 0.3 is 0 Å². The van der Waals surface area contributed by atoms with Gasteiger partial charge in [0.25, 0.3) is 0 Å². The molecule has 74 valence electrons. The monoisotopic (exact) mass is 319 g/mol. The van der Waals surface area contributed by atoms with Gasteiger partial charge in [0.15, 0.2) is 4.67 Å². The number of nitrogens with zero attached hydrogens (tertiary/aromatic N) is 2. The van der Waals surface area contributed by atoms with Gasteiger partial charge in [-0.15, -0.1) is 0 Å². The number of rotatable bonds is 2. The first-order valence-electron chi connectivity index (χ1n) is 3.88. The summed E-state index contributed by atoms with van der Waals surface area (Å²) in [6.45, 7) is 0.531. The molecule has 0 aromatic carbocycles. The predicted octanol–water partition coefficient (Wildman–Crippen LogP) is 2.63. The number of aromatic nitrogens is 2. The maximum atomic E-state index is 5.67. The van der Waals surface area contributed by atoms with E-state index in [-0.39, 0.29) is 0 Å². The van der Waals surface area contributed by atoms with Gasteiger partial charge in [-0.05, 0) is 44.0 Å². The summed E-state index contributed by atoms with van der Waals surface area (Å²) in [5.41, 5.74) is 5.67. The summed E-state index contributed by atoms with van der Waals surface area (Å²) in [6, 6.07) is 3.62. The first-order valence-corrected chi connectivity index (χ1v) is 5.46. The highest BCUT2D eigenvalue weighted by molar-refractivity contribution is 9.13. The van der Waals surface area contributed by atoms with Crippen LogP contribution >= 0.6 is 31.9 Å². The molecule has 0 amide bonds. The lowest BCUT2D eigenvalue weighted by atomic mass is 10.4. The second-order valence-corrected chi connectivity index (χ2v) is 4.32. The van der Waals surface area contributed by atoms with E-state index >= 15 is 0 Å². The van der Waals surface area contributed by atoms with Crippen molar-refractivity contribution in [3.63, 3.8) is 0 Å². The number of nitrogens with two attached hydrogens (primary N) is 1. The van der Waals surface area contributed by atoms with Crippen LogP contribution < -0.4 is 5.73 Å². The second-order valence-electron chi connectivity index (χ2n) is 2.75. The molecule has 0 atom stereocenters. The van der Waals surface area contributed by atoms with Gasteiger partial charge in [-0.25, -0.2) is 4.68 Å². The van der Waals surface area contributed by atoms with Gasteiger partial charge in [0.1, 0.15) is 18.1 Å². The summed E-state index contributed by atoms with van der Waals surface area (Å²) in [6.07, 6.45) is 1.66. The van der Waals surface area contributed by atoms with Crippen molar-refractivity contribution in [2.45, 2.75) is 6.54 Å². The largest absolute Gasteiger partial charge is 0.451 e. The average Bonchev–Trinajstić information content (AvgIpc) is 2.63. The Morgan fingerprint density at radius 2 is 2.29 bits per heavy atom. The lowest BCUT2D eigenvalue weighted by molar-refractivity contribution is 0.463. The van der Waals surface area contributed by atoms with Gasteiger partial charge < -0.3 is 10.2 Å². The third kappa shape index (κ3) is 1.85. The van der Waals surface area contributed by atoms with Crippen LogP contribution in [-0.2, 0) is 6.54 Å². The van der Waals surface area contributed by atoms with Crippen LogP contribution in [0.1, 0.15) is 5.76 Å². The van der Waals surface area contributed by atoms with E-state index in [1.807, 2.05) is 6.07 Å². The van der Waals surface area contributed by atoms with E-state index in [2.05, 4.69) is 37.0 Å². The summed E-state index contributed by atoms with van der Waals surface area (Å²) in [5, 5.41) is 4.05. The molecule has 2 rings (SSSR count). The van der Waals surface area contributed by atoms with E-state index in [0.717, 1.165) is 10.2 Å². The topological polar surface area (TPSA) is 57.0 Å². The molecule has 2 aromatic rings. The van der Waals surface area contributed by atoms with E-state index < -0.39 is 0 Å². The zero-order chi connectivity index (χ0) is 10.1. The lowest BCUT2D eigenvalue weighted by Gasteiger charge is -1.99. The van der Waals surface area contributed by atoms with Crippen molar-refractivity contribution < 1.29 is 4.42 Å². The van der Waals surface area contributed by atoms with E-state index in [4.69, 9.17) is 10.2 Å². The lowest BCUT2D eigenvalue weighted by Crippen LogP contribution is -2.04. The van der Waals surface area contributed by atoms with E-state index in [1.165, 1.54) is 0 Å². The zero-order valence-electron chi connectivity index (χ0n) is 7.08. The number of nitrogen functional groups attached to an aromatic ring is 1. The highest BCUT2D eigenvalue weighted by Gasteiger charge is 2.07. The minimum Gasteiger partial charge on any atom is -0.451 e. The fraction of sp³-hybridized carbons (Fsp3) is 0.125. The summed E-state index contributed by atoms with van der Waals surface area (Å²) >= 11 is 6.60. The molecule has 0 fully saturated rings. The van der Waals surface area contributed by atoms with Crippen LogP contribution in [0.5, 0.6) is 0 Å². The molecule has 0 bridgehead atoms. The van der Waals surface area contributed by atoms with Crippen LogP contribution in [0.3, 0.4) is 0 Å². The normalized spacial score (nSPS) is 10.7. The first kappa shape index (κ1) is 9.79. The van der Waals surface area contributed by atoms with Crippen LogP contribution in [-0.4, -0.2) is 9.78 Å². The Balaban J connectivity index is 2.23. The summed E-state index contributed by atoms with van der Waals surface area (Å²) in [7, 11) is 0. The Labute approximate surface area is 97.3 Å². The van der Waals surface area contributed by atoms with Crippen molar-refractivity contribution in [2.24, 2.45) is 0 Å². The van der Waals surface area contributed by atoms with Gasteiger partial charge in [-0.3, -0.25) is 0 Å². The summed E-state index contributed by atoms with van der Waals surface area (Å²) in [5.74, 6) is 1.41. The standard InChI is InChI=1S/C8H7Br2N3O/c9-6-3-5(14-8(6)10)4-13-7(11)1-2-12-13/h1-3H,4,11H2. The Bertz CT molecular complexity index is 430. The van der Waals surface area contributed by atoms with Gasteiger partial charge in [0, 0.05) is 0 Å². The van der Waals surface area contributed by atoms with Gasteiger partial charge in [-0.1, -0.05) is 0 Å². The highest BCUT2D eigenvalue weighted by atomic mass is 79.9. The van der Waals surface area contributed by atoms with Crippen LogP contribution in [0, 0.1) is 0 Å². The van der Waals surface area contributed by atoms with Crippen molar-refractivity contribution in [1.82, 2.24) is 9.78 Å². The molecule has 2 aromatic heterocycles. The molecule has 4 nitrogen and oxygen atoms in total. The molecule has 2 heterocycles. The van der Waals surface area contributed by atoms with E-state index in [9.17, 15) is 0 Å². The zero-order valence-corrected chi connectivity index (χ0v) is 10.2. The van der Waals surface area contributed by atoms with Crippen LogP contribution in [0.2, 0.25) is 0 Å². The molecular formula is C8H7Br2N3O. The van der Waals surface area contributed by atoms with Crippen LogP contribution in [0.25, 0.3) is 0 Å². The van der Waals surface area contributed by atoms with Crippen molar-refractivity contribution in [3.05, 3.63) is 33.2 Å². The SMILES string of the molecule is Nc1ccnn1Cc1cc(Br)c(Br)o1. The second kappa shape index (κ2) is 3.78. The first-order chi connectivity index (χ1) is 6.66. The smallest absolute Gasteiger partial charge is 0.183 e. The number of anilines is 1. The highest BCUT2D eigenvalue weighted by Crippen LogP contribution is 2.27.